The van der Waals surface area contributed by atoms with Gasteiger partial charge in [0, 0.05) is 34.6 Å². The van der Waals surface area contributed by atoms with Gasteiger partial charge in [0.1, 0.15) is 0 Å². The lowest BCUT2D eigenvalue weighted by Gasteiger charge is -2.33. The predicted molar refractivity (Wildman–Crippen MR) is 144 cm³/mol. The van der Waals surface area contributed by atoms with Crippen LogP contribution in [-0.2, 0) is 13.0 Å². The number of hydrogen-bond acceptors (Lipinski definition) is 1. The third kappa shape index (κ3) is 6.39. The van der Waals surface area contributed by atoms with Gasteiger partial charge in [-0.05, 0) is 74.3 Å². The molecule has 0 bridgehead atoms. The van der Waals surface area contributed by atoms with Gasteiger partial charge in [-0.3, -0.25) is 0 Å². The molecule has 1 saturated carbocycles. The van der Waals surface area contributed by atoms with Crippen LogP contribution in [0.4, 0.5) is 5.69 Å². The minimum atomic E-state index is 0.466. The Labute approximate surface area is 208 Å². The monoisotopic (exact) mass is 479 g/mol. The number of rotatable bonds is 6. The van der Waals surface area contributed by atoms with E-state index in [2.05, 4.69) is 65.4 Å². The molecule has 0 unspecified atom stereocenters. The lowest BCUT2D eigenvalue weighted by atomic mass is 10.1. The molecular weight excluding hydrogens is 446 g/mol. The van der Waals surface area contributed by atoms with Crippen molar-refractivity contribution < 1.29 is 0 Å². The number of aryl methyl sites for hydroxylation is 2. The van der Waals surface area contributed by atoms with Crippen molar-refractivity contribution in [2.24, 2.45) is 0 Å². The van der Waals surface area contributed by atoms with Gasteiger partial charge in [-0.15, -0.1) is 0 Å². The summed E-state index contributed by atoms with van der Waals surface area (Å²) in [6.45, 7) is 5.04. The summed E-state index contributed by atoms with van der Waals surface area (Å²) in [5, 5.41) is 5.18. The average molecular weight is 480 g/mol. The van der Waals surface area contributed by atoms with Crippen molar-refractivity contribution in [3.63, 3.8) is 0 Å². The summed E-state index contributed by atoms with van der Waals surface area (Å²) in [6.07, 6.45) is 8.39. The van der Waals surface area contributed by atoms with E-state index in [-0.39, 0.29) is 0 Å². The number of hydrogen-bond donors (Lipinski definition) is 2. The molecular formula is C28H34ClN3S. The van der Waals surface area contributed by atoms with Crippen LogP contribution in [0, 0.1) is 13.8 Å². The highest BCUT2D eigenvalue weighted by Gasteiger charge is 2.23. The van der Waals surface area contributed by atoms with E-state index < -0.39 is 0 Å². The molecule has 2 aromatic carbocycles. The molecule has 3 aromatic rings. The first-order chi connectivity index (χ1) is 16.0. The Morgan fingerprint density at radius 3 is 2.45 bits per heavy atom. The number of thiocarbonyl (C=S) groups is 1. The van der Waals surface area contributed by atoms with E-state index in [0.717, 1.165) is 34.4 Å². The predicted octanol–water partition coefficient (Wildman–Crippen LogP) is 7.80. The summed E-state index contributed by atoms with van der Waals surface area (Å²) < 4.78 is 0. The fourth-order valence-electron chi connectivity index (χ4n) is 4.79. The standard InChI is InChI=1S/C28H34ClN3S/c1-20-13-16-27(21(2)17-20)31-28(33)32(25-10-5-3-4-6-11-25)19-24-15-14-23(30-24)18-22-9-7-8-12-26(22)29/h7-9,12-17,25,30H,3-6,10-11,18-19H2,1-2H3,(H,31,33). The third-order valence-electron chi connectivity index (χ3n) is 6.64. The molecule has 5 heteroatoms. The van der Waals surface area contributed by atoms with Gasteiger partial charge in [-0.2, -0.15) is 0 Å². The normalized spacial score (nSPS) is 14.6. The maximum Gasteiger partial charge on any atom is 0.174 e. The van der Waals surface area contributed by atoms with E-state index in [0.29, 0.717) is 6.04 Å². The molecule has 2 N–H and O–H groups in total. The minimum absolute atomic E-state index is 0.466. The highest BCUT2D eigenvalue weighted by Crippen LogP contribution is 2.26. The van der Waals surface area contributed by atoms with Crippen molar-refractivity contribution in [3.05, 3.63) is 87.7 Å². The van der Waals surface area contributed by atoms with Gasteiger partial charge >= 0.3 is 0 Å². The molecule has 1 aliphatic rings. The Kier molecular flexibility index (Phi) is 8.11. The summed E-state index contributed by atoms with van der Waals surface area (Å²) >= 11 is 12.4. The SMILES string of the molecule is Cc1ccc(NC(=S)N(Cc2ccc(Cc3ccccc3Cl)[nH]2)C2CCCCCC2)c(C)c1. The van der Waals surface area contributed by atoms with Crippen LogP contribution in [0.25, 0.3) is 0 Å². The van der Waals surface area contributed by atoms with E-state index in [1.165, 1.54) is 61.0 Å². The molecule has 0 atom stereocenters. The fourth-order valence-corrected chi connectivity index (χ4v) is 5.32. The second kappa shape index (κ2) is 11.2. The number of nitrogens with zero attached hydrogens (tertiary/aromatic N) is 1. The Morgan fingerprint density at radius 2 is 1.73 bits per heavy atom. The molecule has 1 heterocycles. The summed E-state index contributed by atoms with van der Waals surface area (Å²) in [4.78, 5) is 6.03. The number of aromatic nitrogens is 1. The highest BCUT2D eigenvalue weighted by molar-refractivity contribution is 7.80. The first-order valence-electron chi connectivity index (χ1n) is 12.0. The van der Waals surface area contributed by atoms with E-state index in [4.69, 9.17) is 23.8 Å². The van der Waals surface area contributed by atoms with Gasteiger partial charge in [-0.25, -0.2) is 0 Å². The zero-order valence-corrected chi connectivity index (χ0v) is 21.2. The molecule has 1 aliphatic carbocycles. The molecule has 0 spiro atoms. The molecule has 0 saturated heterocycles. The van der Waals surface area contributed by atoms with Gasteiger partial charge in [0.15, 0.2) is 5.11 Å². The topological polar surface area (TPSA) is 31.1 Å². The van der Waals surface area contributed by atoms with Crippen LogP contribution in [-0.4, -0.2) is 21.0 Å². The van der Waals surface area contributed by atoms with Crippen molar-refractivity contribution in [1.82, 2.24) is 9.88 Å². The van der Waals surface area contributed by atoms with Crippen LogP contribution in [0.15, 0.2) is 54.6 Å². The molecule has 33 heavy (non-hydrogen) atoms. The summed E-state index contributed by atoms with van der Waals surface area (Å²) in [6, 6.07) is 19.4. The number of H-pyrrole nitrogens is 1. The van der Waals surface area contributed by atoms with Crippen LogP contribution in [0.3, 0.4) is 0 Å². The van der Waals surface area contributed by atoms with Gasteiger partial charge in [-0.1, -0.05) is 73.2 Å². The lowest BCUT2D eigenvalue weighted by Crippen LogP contribution is -2.42. The zero-order chi connectivity index (χ0) is 23.2. The molecule has 1 aromatic heterocycles. The van der Waals surface area contributed by atoms with Gasteiger partial charge < -0.3 is 15.2 Å². The molecule has 0 amide bonds. The summed E-state index contributed by atoms with van der Waals surface area (Å²) in [7, 11) is 0. The quantitative estimate of drug-likeness (QED) is 0.279. The van der Waals surface area contributed by atoms with E-state index in [9.17, 15) is 0 Å². The summed E-state index contributed by atoms with van der Waals surface area (Å²) in [5.74, 6) is 0. The second-order valence-corrected chi connectivity index (χ2v) is 10.1. The van der Waals surface area contributed by atoms with Crippen molar-refractivity contribution >= 4 is 34.6 Å². The Morgan fingerprint density at radius 1 is 1.00 bits per heavy atom. The molecule has 0 aliphatic heterocycles. The average Bonchev–Trinajstić information content (AvgIpc) is 3.06. The Balaban J connectivity index is 1.51. The first kappa shape index (κ1) is 23.8. The second-order valence-electron chi connectivity index (χ2n) is 9.30. The highest BCUT2D eigenvalue weighted by atomic mass is 35.5. The molecule has 174 valence electrons. The van der Waals surface area contributed by atoms with Crippen molar-refractivity contribution in [3.8, 4) is 0 Å². The largest absolute Gasteiger partial charge is 0.361 e. The smallest absolute Gasteiger partial charge is 0.174 e. The zero-order valence-electron chi connectivity index (χ0n) is 19.7. The van der Waals surface area contributed by atoms with E-state index in [1.807, 2.05) is 18.2 Å². The summed E-state index contributed by atoms with van der Waals surface area (Å²) in [5.41, 5.74) is 7.08. The Hall–Kier alpha value is -2.30. The van der Waals surface area contributed by atoms with Gasteiger partial charge in [0.2, 0.25) is 0 Å². The van der Waals surface area contributed by atoms with Crippen molar-refractivity contribution in [1.29, 1.82) is 0 Å². The van der Waals surface area contributed by atoms with E-state index >= 15 is 0 Å². The van der Waals surface area contributed by atoms with Crippen molar-refractivity contribution in [2.45, 2.75) is 71.4 Å². The van der Waals surface area contributed by atoms with Crippen LogP contribution in [0.1, 0.15) is 66.6 Å². The van der Waals surface area contributed by atoms with Gasteiger partial charge in [0.25, 0.3) is 0 Å². The fraction of sp³-hybridized carbons (Fsp3) is 0.393. The van der Waals surface area contributed by atoms with Crippen LogP contribution < -0.4 is 5.32 Å². The Bertz CT molecular complexity index is 1080. The van der Waals surface area contributed by atoms with Crippen LogP contribution >= 0.6 is 23.8 Å². The third-order valence-corrected chi connectivity index (χ3v) is 7.34. The maximum absolute atomic E-state index is 6.38. The number of halogens is 1. The number of benzene rings is 2. The number of nitrogens with one attached hydrogen (secondary N) is 2. The molecule has 3 nitrogen and oxygen atoms in total. The maximum atomic E-state index is 6.38. The molecule has 4 rings (SSSR count). The van der Waals surface area contributed by atoms with Crippen molar-refractivity contribution in [2.75, 3.05) is 5.32 Å². The van der Waals surface area contributed by atoms with Crippen LogP contribution in [0.2, 0.25) is 5.02 Å². The molecule has 1 fully saturated rings. The van der Waals surface area contributed by atoms with E-state index in [1.54, 1.807) is 0 Å². The first-order valence-corrected chi connectivity index (χ1v) is 12.8. The van der Waals surface area contributed by atoms with Gasteiger partial charge in [0.05, 0.1) is 6.54 Å². The molecule has 0 radical (unpaired) electrons. The lowest BCUT2D eigenvalue weighted by molar-refractivity contribution is 0.278. The van der Waals surface area contributed by atoms with Crippen LogP contribution in [0.5, 0.6) is 0 Å². The number of anilines is 1. The minimum Gasteiger partial charge on any atom is -0.361 e. The number of aromatic amines is 1.